The van der Waals surface area contributed by atoms with Gasteiger partial charge in [-0.15, -0.1) is 24.0 Å². The molecule has 0 radical (unpaired) electrons. The molecule has 0 atom stereocenters. The first kappa shape index (κ1) is 17.1. The largest absolute Gasteiger partial charge is 0.370 e. The van der Waals surface area contributed by atoms with Crippen molar-refractivity contribution < 1.29 is 0 Å². The number of aromatic nitrogens is 2. The molecule has 1 saturated carbocycles. The van der Waals surface area contributed by atoms with Gasteiger partial charge in [-0.2, -0.15) is 0 Å². The number of nitrogens with one attached hydrogen (secondary N) is 2. The van der Waals surface area contributed by atoms with Crippen molar-refractivity contribution in [2.75, 3.05) is 6.54 Å². The van der Waals surface area contributed by atoms with Crippen LogP contribution in [-0.4, -0.2) is 28.5 Å². The van der Waals surface area contributed by atoms with Gasteiger partial charge in [0, 0.05) is 19.0 Å². The third kappa shape index (κ3) is 4.59. The lowest BCUT2D eigenvalue weighted by Gasteiger charge is -2.23. The van der Waals surface area contributed by atoms with Crippen LogP contribution in [-0.2, 0) is 6.42 Å². The van der Waals surface area contributed by atoms with E-state index in [1.54, 1.807) is 0 Å². The van der Waals surface area contributed by atoms with E-state index >= 15 is 0 Å². The first-order valence-electron chi connectivity index (χ1n) is 7.81. The van der Waals surface area contributed by atoms with Crippen molar-refractivity contribution in [3.05, 3.63) is 30.1 Å². The van der Waals surface area contributed by atoms with E-state index in [0.717, 1.165) is 23.3 Å². The van der Waals surface area contributed by atoms with Crippen LogP contribution in [0.25, 0.3) is 11.0 Å². The summed E-state index contributed by atoms with van der Waals surface area (Å²) in [5.74, 6) is 1.53. The lowest BCUT2D eigenvalue weighted by molar-refractivity contribution is 0.412. The van der Waals surface area contributed by atoms with Crippen LogP contribution >= 0.6 is 24.0 Å². The van der Waals surface area contributed by atoms with Crippen molar-refractivity contribution in [1.29, 1.82) is 0 Å². The molecule has 1 aromatic carbocycles. The van der Waals surface area contributed by atoms with Crippen LogP contribution in [0.4, 0.5) is 0 Å². The predicted octanol–water partition coefficient (Wildman–Crippen LogP) is 2.96. The minimum atomic E-state index is 0. The monoisotopic (exact) mass is 413 g/mol. The number of halogens is 1. The maximum absolute atomic E-state index is 5.95. The van der Waals surface area contributed by atoms with Crippen LogP contribution in [0.15, 0.2) is 29.3 Å². The minimum Gasteiger partial charge on any atom is -0.370 e. The molecular weight excluding hydrogens is 389 g/mol. The van der Waals surface area contributed by atoms with Crippen LogP contribution in [0.1, 0.15) is 37.9 Å². The molecule has 1 aliphatic carbocycles. The van der Waals surface area contributed by atoms with Crippen LogP contribution in [0.2, 0.25) is 0 Å². The minimum absolute atomic E-state index is 0. The van der Waals surface area contributed by atoms with Crippen molar-refractivity contribution in [1.82, 2.24) is 15.3 Å². The number of H-pyrrole nitrogens is 1. The smallest absolute Gasteiger partial charge is 0.188 e. The van der Waals surface area contributed by atoms with E-state index in [2.05, 4.69) is 20.3 Å². The fourth-order valence-electron chi connectivity index (χ4n) is 2.91. The topological polar surface area (TPSA) is 79.1 Å². The van der Waals surface area contributed by atoms with Gasteiger partial charge in [0.15, 0.2) is 5.96 Å². The number of imidazole rings is 1. The molecule has 0 amide bonds. The number of nitrogens with zero attached hydrogens (tertiary/aromatic N) is 2. The molecule has 0 saturated heterocycles. The van der Waals surface area contributed by atoms with Crippen LogP contribution in [0, 0.1) is 0 Å². The molecule has 0 bridgehead atoms. The number of fused-ring (bicyclic) bond motifs is 1. The average molecular weight is 413 g/mol. The maximum Gasteiger partial charge on any atom is 0.188 e. The van der Waals surface area contributed by atoms with Crippen LogP contribution in [0.5, 0.6) is 0 Å². The van der Waals surface area contributed by atoms with E-state index in [0.29, 0.717) is 18.5 Å². The molecule has 1 heterocycles. The number of hydrogen-bond acceptors (Lipinski definition) is 2. The van der Waals surface area contributed by atoms with Gasteiger partial charge in [0.05, 0.1) is 11.0 Å². The Hall–Kier alpha value is -1.31. The van der Waals surface area contributed by atoms with Gasteiger partial charge in [-0.25, -0.2) is 4.98 Å². The highest BCUT2D eigenvalue weighted by Gasteiger charge is 2.13. The van der Waals surface area contributed by atoms with Crippen molar-refractivity contribution >= 4 is 41.0 Å². The Morgan fingerprint density at radius 3 is 2.82 bits per heavy atom. The highest BCUT2D eigenvalue weighted by Crippen LogP contribution is 2.17. The zero-order chi connectivity index (χ0) is 14.5. The summed E-state index contributed by atoms with van der Waals surface area (Å²) >= 11 is 0. The molecule has 0 unspecified atom stereocenters. The number of aliphatic imine (C=N–C) groups is 1. The van der Waals surface area contributed by atoms with Gasteiger partial charge in [-0.3, -0.25) is 4.99 Å². The third-order valence-electron chi connectivity index (χ3n) is 4.03. The fourth-order valence-corrected chi connectivity index (χ4v) is 2.91. The van der Waals surface area contributed by atoms with E-state index in [1.807, 2.05) is 24.3 Å². The molecule has 0 spiro atoms. The number of guanidine groups is 1. The Morgan fingerprint density at radius 1 is 1.27 bits per heavy atom. The van der Waals surface area contributed by atoms with Gasteiger partial charge in [0.2, 0.25) is 0 Å². The number of para-hydroxylation sites is 2. The second-order valence-electron chi connectivity index (χ2n) is 5.70. The van der Waals surface area contributed by atoms with E-state index in [4.69, 9.17) is 5.73 Å². The molecule has 1 fully saturated rings. The van der Waals surface area contributed by atoms with Gasteiger partial charge in [-0.05, 0) is 25.0 Å². The zero-order valence-corrected chi connectivity index (χ0v) is 15.0. The molecule has 22 heavy (non-hydrogen) atoms. The molecule has 5 nitrogen and oxygen atoms in total. The Balaban J connectivity index is 0.00000176. The standard InChI is InChI=1S/C16H23N5.HI/c17-16(19-12-6-2-1-3-7-12)18-11-10-15-20-13-8-4-5-9-14(13)21-15;/h4-5,8-9,12H,1-3,6-7,10-11H2,(H,20,21)(H3,17,18,19);1H. The molecular formula is C16H24IN5. The average Bonchev–Trinajstić information content (AvgIpc) is 2.91. The number of nitrogens with two attached hydrogens (primary N) is 1. The van der Waals surface area contributed by atoms with E-state index in [9.17, 15) is 0 Å². The van der Waals surface area contributed by atoms with Gasteiger partial charge < -0.3 is 16.0 Å². The Morgan fingerprint density at radius 2 is 2.05 bits per heavy atom. The summed E-state index contributed by atoms with van der Waals surface area (Å²) < 4.78 is 0. The van der Waals surface area contributed by atoms with Gasteiger partial charge in [0.1, 0.15) is 5.82 Å². The number of rotatable bonds is 4. The Labute approximate surface area is 148 Å². The number of benzene rings is 1. The molecule has 120 valence electrons. The molecule has 1 aliphatic rings. The van der Waals surface area contributed by atoms with Gasteiger partial charge >= 0.3 is 0 Å². The molecule has 3 rings (SSSR count). The summed E-state index contributed by atoms with van der Waals surface area (Å²) in [6.45, 7) is 0.658. The van der Waals surface area contributed by atoms with Crippen molar-refractivity contribution in [2.24, 2.45) is 10.7 Å². The first-order chi connectivity index (χ1) is 10.3. The molecule has 1 aromatic heterocycles. The van der Waals surface area contributed by atoms with Gasteiger partial charge in [0.25, 0.3) is 0 Å². The second kappa shape index (κ2) is 8.36. The SMILES string of the molecule is I.NC(=NCCc1nc2ccccc2[nH]1)NC1CCCCC1. The second-order valence-corrected chi connectivity index (χ2v) is 5.70. The van der Waals surface area contributed by atoms with Crippen molar-refractivity contribution in [3.63, 3.8) is 0 Å². The normalized spacial score (nSPS) is 16.5. The highest BCUT2D eigenvalue weighted by atomic mass is 127. The summed E-state index contributed by atoms with van der Waals surface area (Å²) in [7, 11) is 0. The Bertz CT molecular complexity index is 583. The van der Waals surface area contributed by atoms with E-state index in [-0.39, 0.29) is 24.0 Å². The first-order valence-corrected chi connectivity index (χ1v) is 7.81. The maximum atomic E-state index is 5.95. The summed E-state index contributed by atoms with van der Waals surface area (Å²) in [5.41, 5.74) is 8.03. The van der Waals surface area contributed by atoms with Crippen LogP contribution in [0.3, 0.4) is 0 Å². The van der Waals surface area contributed by atoms with E-state index < -0.39 is 0 Å². The molecule has 0 aliphatic heterocycles. The highest BCUT2D eigenvalue weighted by molar-refractivity contribution is 14.0. The zero-order valence-electron chi connectivity index (χ0n) is 12.7. The fraction of sp³-hybridized carbons (Fsp3) is 0.500. The summed E-state index contributed by atoms with van der Waals surface area (Å²) in [4.78, 5) is 12.3. The molecule has 4 N–H and O–H groups in total. The van der Waals surface area contributed by atoms with Crippen molar-refractivity contribution in [3.8, 4) is 0 Å². The molecule has 6 heteroatoms. The third-order valence-corrected chi connectivity index (χ3v) is 4.03. The number of aromatic amines is 1. The van der Waals surface area contributed by atoms with Crippen molar-refractivity contribution in [2.45, 2.75) is 44.6 Å². The lowest BCUT2D eigenvalue weighted by atomic mass is 9.96. The number of hydrogen-bond donors (Lipinski definition) is 3. The summed E-state index contributed by atoms with van der Waals surface area (Å²) in [6.07, 6.45) is 7.14. The van der Waals surface area contributed by atoms with Crippen LogP contribution < -0.4 is 11.1 Å². The molecule has 2 aromatic rings. The predicted molar refractivity (Wildman–Crippen MR) is 102 cm³/mol. The van der Waals surface area contributed by atoms with Gasteiger partial charge in [-0.1, -0.05) is 31.4 Å². The quantitative estimate of drug-likeness (QED) is 0.410. The van der Waals surface area contributed by atoms with E-state index in [1.165, 1.54) is 32.1 Å². The summed E-state index contributed by atoms with van der Waals surface area (Å²) in [5, 5.41) is 3.33. The lowest BCUT2D eigenvalue weighted by Crippen LogP contribution is -2.41. The summed E-state index contributed by atoms with van der Waals surface area (Å²) in [6, 6.07) is 8.56. The Kier molecular flexibility index (Phi) is 6.48.